The molecule has 1 aromatic carbocycles. The zero-order valence-electron chi connectivity index (χ0n) is 10.5. The molecule has 0 aliphatic heterocycles. The SMILES string of the molecule is Fc1ccc(/C(=C\CCCCl)c2ccccn2)cc1. The second-order valence-corrected chi connectivity index (χ2v) is 4.55. The van der Waals surface area contributed by atoms with Gasteiger partial charge in [0.2, 0.25) is 0 Å². The second-order valence-electron chi connectivity index (χ2n) is 4.17. The molecule has 3 heteroatoms. The Bertz CT molecular complexity index is 534. The van der Waals surface area contributed by atoms with E-state index in [4.69, 9.17) is 11.6 Å². The summed E-state index contributed by atoms with van der Waals surface area (Å²) < 4.78 is 13.0. The highest BCUT2D eigenvalue weighted by Gasteiger charge is 2.05. The highest BCUT2D eigenvalue weighted by atomic mass is 35.5. The highest BCUT2D eigenvalue weighted by Crippen LogP contribution is 2.22. The molecule has 19 heavy (non-hydrogen) atoms. The first-order valence-electron chi connectivity index (χ1n) is 6.25. The number of hydrogen-bond donors (Lipinski definition) is 0. The summed E-state index contributed by atoms with van der Waals surface area (Å²) in [6.07, 6.45) is 5.66. The van der Waals surface area contributed by atoms with Crippen molar-refractivity contribution in [2.45, 2.75) is 12.8 Å². The fourth-order valence-electron chi connectivity index (χ4n) is 1.85. The Labute approximate surface area is 117 Å². The minimum atomic E-state index is -0.232. The van der Waals surface area contributed by atoms with E-state index in [1.807, 2.05) is 18.2 Å². The molecular formula is C16H15ClFN. The van der Waals surface area contributed by atoms with Crippen molar-refractivity contribution in [3.63, 3.8) is 0 Å². The van der Waals surface area contributed by atoms with Crippen molar-refractivity contribution >= 4 is 17.2 Å². The van der Waals surface area contributed by atoms with Crippen LogP contribution >= 0.6 is 11.6 Å². The van der Waals surface area contributed by atoms with Crippen LogP contribution in [0.15, 0.2) is 54.7 Å². The number of aromatic nitrogens is 1. The van der Waals surface area contributed by atoms with E-state index in [0.29, 0.717) is 5.88 Å². The maximum atomic E-state index is 13.0. The van der Waals surface area contributed by atoms with Crippen LogP contribution in [-0.2, 0) is 0 Å². The number of unbranched alkanes of at least 4 members (excludes halogenated alkanes) is 1. The van der Waals surface area contributed by atoms with Gasteiger partial charge in [-0.2, -0.15) is 0 Å². The maximum absolute atomic E-state index is 13.0. The minimum Gasteiger partial charge on any atom is -0.256 e. The van der Waals surface area contributed by atoms with Gasteiger partial charge in [0.25, 0.3) is 0 Å². The number of allylic oxidation sites excluding steroid dienone is 1. The number of rotatable bonds is 5. The number of alkyl halides is 1. The molecule has 0 atom stereocenters. The Kier molecular flexibility index (Phi) is 5.10. The molecule has 0 bridgehead atoms. The minimum absolute atomic E-state index is 0.232. The quantitative estimate of drug-likeness (QED) is 0.571. The topological polar surface area (TPSA) is 12.9 Å². The van der Waals surface area contributed by atoms with Gasteiger partial charge < -0.3 is 0 Å². The lowest BCUT2D eigenvalue weighted by molar-refractivity contribution is 0.627. The molecule has 0 unspecified atom stereocenters. The van der Waals surface area contributed by atoms with Gasteiger partial charge in [0.1, 0.15) is 5.82 Å². The number of benzene rings is 1. The van der Waals surface area contributed by atoms with Gasteiger partial charge in [0, 0.05) is 17.6 Å². The molecule has 0 aliphatic rings. The molecule has 1 aromatic heterocycles. The largest absolute Gasteiger partial charge is 0.256 e. The third-order valence-electron chi connectivity index (χ3n) is 2.78. The summed E-state index contributed by atoms with van der Waals surface area (Å²) in [5.74, 6) is 0.403. The van der Waals surface area contributed by atoms with Gasteiger partial charge in [-0.05, 0) is 42.7 Å². The lowest BCUT2D eigenvalue weighted by Crippen LogP contribution is -1.92. The van der Waals surface area contributed by atoms with Gasteiger partial charge in [-0.3, -0.25) is 4.98 Å². The maximum Gasteiger partial charge on any atom is 0.123 e. The molecule has 2 rings (SSSR count). The molecule has 1 nitrogen and oxygen atoms in total. The summed E-state index contributed by atoms with van der Waals surface area (Å²) in [5, 5.41) is 0. The van der Waals surface area contributed by atoms with Crippen molar-refractivity contribution in [2.75, 3.05) is 5.88 Å². The average molecular weight is 276 g/mol. The first-order valence-corrected chi connectivity index (χ1v) is 6.78. The Balaban J connectivity index is 2.34. The van der Waals surface area contributed by atoms with Crippen molar-refractivity contribution in [3.05, 3.63) is 71.8 Å². The third-order valence-corrected chi connectivity index (χ3v) is 3.05. The van der Waals surface area contributed by atoms with Gasteiger partial charge in [-0.15, -0.1) is 11.6 Å². The van der Waals surface area contributed by atoms with Crippen LogP contribution in [0.2, 0.25) is 0 Å². The molecule has 0 saturated carbocycles. The predicted molar refractivity (Wildman–Crippen MR) is 77.7 cm³/mol. The van der Waals surface area contributed by atoms with E-state index in [1.165, 1.54) is 12.1 Å². The van der Waals surface area contributed by atoms with Gasteiger partial charge >= 0.3 is 0 Å². The molecule has 0 saturated heterocycles. The monoisotopic (exact) mass is 275 g/mol. The van der Waals surface area contributed by atoms with Crippen LogP contribution in [-0.4, -0.2) is 10.9 Å². The average Bonchev–Trinajstić information content (AvgIpc) is 2.46. The normalized spacial score (nSPS) is 11.6. The van der Waals surface area contributed by atoms with Crippen LogP contribution in [0.25, 0.3) is 5.57 Å². The molecular weight excluding hydrogens is 261 g/mol. The van der Waals surface area contributed by atoms with E-state index >= 15 is 0 Å². The highest BCUT2D eigenvalue weighted by molar-refractivity contribution is 6.17. The summed E-state index contributed by atoms with van der Waals surface area (Å²) >= 11 is 5.70. The summed E-state index contributed by atoms with van der Waals surface area (Å²) in [7, 11) is 0. The Hall–Kier alpha value is -1.67. The smallest absolute Gasteiger partial charge is 0.123 e. The molecule has 98 valence electrons. The third kappa shape index (κ3) is 3.90. The van der Waals surface area contributed by atoms with Gasteiger partial charge in [0.05, 0.1) is 5.69 Å². The van der Waals surface area contributed by atoms with Crippen molar-refractivity contribution < 1.29 is 4.39 Å². The molecule has 0 fully saturated rings. The molecule has 2 aromatic rings. The Morgan fingerprint density at radius 3 is 2.58 bits per heavy atom. The number of nitrogens with zero attached hydrogens (tertiary/aromatic N) is 1. The summed E-state index contributed by atoms with van der Waals surface area (Å²) in [6, 6.07) is 12.3. The van der Waals surface area contributed by atoms with E-state index in [9.17, 15) is 4.39 Å². The van der Waals surface area contributed by atoms with E-state index in [2.05, 4.69) is 11.1 Å². The number of hydrogen-bond acceptors (Lipinski definition) is 1. The van der Waals surface area contributed by atoms with Crippen LogP contribution < -0.4 is 0 Å². The van der Waals surface area contributed by atoms with Crippen LogP contribution in [0, 0.1) is 5.82 Å². The molecule has 0 amide bonds. The van der Waals surface area contributed by atoms with Gasteiger partial charge in [0.15, 0.2) is 0 Å². The van der Waals surface area contributed by atoms with Gasteiger partial charge in [-0.25, -0.2) is 4.39 Å². The standard InChI is InChI=1S/C16H15ClFN/c17-11-3-1-5-15(16-6-2-4-12-19-16)13-7-9-14(18)10-8-13/h2,4-10,12H,1,3,11H2/b15-5+. The van der Waals surface area contributed by atoms with Crippen LogP contribution in [0.5, 0.6) is 0 Å². The molecule has 1 heterocycles. The fraction of sp³-hybridized carbons (Fsp3) is 0.188. The van der Waals surface area contributed by atoms with Crippen molar-refractivity contribution in [2.24, 2.45) is 0 Å². The zero-order chi connectivity index (χ0) is 13.5. The van der Waals surface area contributed by atoms with E-state index < -0.39 is 0 Å². The van der Waals surface area contributed by atoms with E-state index in [-0.39, 0.29) is 5.82 Å². The molecule has 0 radical (unpaired) electrons. The van der Waals surface area contributed by atoms with E-state index in [1.54, 1.807) is 18.3 Å². The zero-order valence-corrected chi connectivity index (χ0v) is 11.3. The fourth-order valence-corrected chi connectivity index (χ4v) is 2.00. The first-order chi connectivity index (χ1) is 9.31. The molecule has 0 N–H and O–H groups in total. The Morgan fingerprint density at radius 2 is 1.95 bits per heavy atom. The lowest BCUT2D eigenvalue weighted by atomic mass is 10.0. The first kappa shape index (κ1) is 13.8. The van der Waals surface area contributed by atoms with Crippen LogP contribution in [0.1, 0.15) is 24.1 Å². The van der Waals surface area contributed by atoms with Crippen molar-refractivity contribution in [3.8, 4) is 0 Å². The molecule has 0 spiro atoms. The Morgan fingerprint density at radius 1 is 1.16 bits per heavy atom. The summed E-state index contributed by atoms with van der Waals surface area (Å²) in [5.41, 5.74) is 2.88. The van der Waals surface area contributed by atoms with Crippen LogP contribution in [0.3, 0.4) is 0 Å². The summed E-state index contributed by atoms with van der Waals surface area (Å²) in [6.45, 7) is 0. The van der Waals surface area contributed by atoms with Crippen molar-refractivity contribution in [1.29, 1.82) is 0 Å². The number of halogens is 2. The number of pyridine rings is 1. The molecule has 0 aliphatic carbocycles. The lowest BCUT2D eigenvalue weighted by Gasteiger charge is -2.07. The predicted octanol–water partition coefficient (Wildman–Crippen LogP) is 4.67. The van der Waals surface area contributed by atoms with Crippen LogP contribution in [0.4, 0.5) is 4.39 Å². The van der Waals surface area contributed by atoms with E-state index in [0.717, 1.165) is 29.7 Å². The van der Waals surface area contributed by atoms with Gasteiger partial charge in [-0.1, -0.05) is 24.3 Å². The summed E-state index contributed by atoms with van der Waals surface area (Å²) in [4.78, 5) is 4.36. The van der Waals surface area contributed by atoms with Crippen molar-refractivity contribution in [1.82, 2.24) is 4.98 Å². The second kappa shape index (κ2) is 7.05.